The van der Waals surface area contributed by atoms with Crippen molar-refractivity contribution in [2.45, 2.75) is 26.4 Å². The molecule has 0 saturated carbocycles. The summed E-state index contributed by atoms with van der Waals surface area (Å²) in [5.74, 6) is -0.941. The maximum Gasteiger partial charge on any atom is 0.381 e. The van der Waals surface area contributed by atoms with Crippen LogP contribution in [0.4, 0.5) is 11.6 Å². The lowest BCUT2D eigenvalue weighted by atomic mass is 10.2. The third-order valence-electron chi connectivity index (χ3n) is 2.97. The van der Waals surface area contributed by atoms with Gasteiger partial charge in [-0.05, 0) is 26.8 Å². The van der Waals surface area contributed by atoms with E-state index in [1.54, 1.807) is 6.07 Å². The lowest BCUT2D eigenvalue weighted by molar-refractivity contribution is -0.0166. The number of esters is 1. The molecule has 0 saturated heterocycles. The van der Waals surface area contributed by atoms with Crippen molar-refractivity contribution in [1.82, 2.24) is 9.97 Å². The van der Waals surface area contributed by atoms with E-state index in [1.165, 1.54) is 25.6 Å². The number of nitrogens with one attached hydrogen (secondary N) is 1. The topological polar surface area (TPSA) is 113 Å². The van der Waals surface area contributed by atoms with Gasteiger partial charge in [-0.1, -0.05) is 0 Å². The predicted octanol–water partition coefficient (Wildman–Crippen LogP) is 2.15. The predicted molar refractivity (Wildman–Crippen MR) is 92.8 cm³/mol. The quantitative estimate of drug-likeness (QED) is 0.584. The molecule has 9 heteroatoms. The Morgan fingerprint density at radius 3 is 2.54 bits per heavy atom. The molecule has 2 heterocycles. The van der Waals surface area contributed by atoms with Gasteiger partial charge >= 0.3 is 11.6 Å². The van der Waals surface area contributed by atoms with E-state index in [0.717, 1.165) is 0 Å². The molecule has 1 N–H and O–H groups in total. The summed E-state index contributed by atoms with van der Waals surface area (Å²) in [5.41, 5.74) is -0.979. The van der Waals surface area contributed by atoms with Gasteiger partial charge in [-0.15, -0.1) is 0 Å². The molecule has 0 fully saturated rings. The molecule has 0 aromatic carbocycles. The second-order valence-corrected chi connectivity index (χ2v) is 6.14. The molecule has 0 bridgehead atoms. The largest absolute Gasteiger partial charge is 0.483 e. The summed E-state index contributed by atoms with van der Waals surface area (Å²) >= 11 is 0. The molecule has 26 heavy (non-hydrogen) atoms. The first-order valence-electron chi connectivity index (χ1n) is 7.87. The fourth-order valence-electron chi connectivity index (χ4n) is 1.89. The zero-order valence-electron chi connectivity index (χ0n) is 15.1. The average Bonchev–Trinajstić information content (AvgIpc) is 2.59. The Bertz CT molecular complexity index is 798. The highest BCUT2D eigenvalue weighted by Crippen LogP contribution is 2.24. The average molecular weight is 363 g/mol. The number of anilines is 2. The van der Waals surface area contributed by atoms with Crippen LogP contribution >= 0.6 is 0 Å². The Balaban J connectivity index is 2.26. The molecule has 2 aromatic rings. The van der Waals surface area contributed by atoms with Crippen molar-refractivity contribution < 1.29 is 23.4 Å². The first kappa shape index (κ1) is 19.4. The zero-order valence-corrected chi connectivity index (χ0v) is 15.1. The Morgan fingerprint density at radius 1 is 1.23 bits per heavy atom. The van der Waals surface area contributed by atoms with E-state index in [9.17, 15) is 9.59 Å². The highest BCUT2D eigenvalue weighted by molar-refractivity contribution is 5.87. The highest BCUT2D eigenvalue weighted by atomic mass is 16.6. The molecule has 9 nitrogen and oxygen atoms in total. The van der Waals surface area contributed by atoms with E-state index in [0.29, 0.717) is 0 Å². The van der Waals surface area contributed by atoms with Crippen LogP contribution in [0.15, 0.2) is 33.7 Å². The van der Waals surface area contributed by atoms with E-state index in [1.807, 2.05) is 20.8 Å². The minimum atomic E-state index is -0.831. The molecule has 140 valence electrons. The number of carbonyl (C=O) groups excluding carboxylic acids is 1. The molecule has 0 aliphatic carbocycles. The lowest BCUT2D eigenvalue weighted by Crippen LogP contribution is -2.23. The van der Waals surface area contributed by atoms with Crippen molar-refractivity contribution in [2.75, 3.05) is 25.6 Å². The first-order valence-corrected chi connectivity index (χ1v) is 7.87. The second kappa shape index (κ2) is 8.43. The van der Waals surface area contributed by atoms with Crippen molar-refractivity contribution >= 4 is 17.6 Å². The number of carbonyl (C=O) groups is 1. The van der Waals surface area contributed by atoms with Crippen molar-refractivity contribution in [3.63, 3.8) is 0 Å². The summed E-state index contributed by atoms with van der Waals surface area (Å²) in [4.78, 5) is 32.0. The van der Waals surface area contributed by atoms with Crippen molar-refractivity contribution in [2.24, 2.45) is 0 Å². The van der Waals surface area contributed by atoms with Crippen molar-refractivity contribution in [3.05, 3.63) is 40.7 Å². The van der Waals surface area contributed by atoms with Crippen molar-refractivity contribution in [1.29, 1.82) is 0 Å². The van der Waals surface area contributed by atoms with Gasteiger partial charge in [0.25, 0.3) is 0 Å². The van der Waals surface area contributed by atoms with Crippen molar-refractivity contribution in [3.8, 4) is 5.75 Å². The summed E-state index contributed by atoms with van der Waals surface area (Å²) in [5, 5.41) is 2.83. The molecule has 0 unspecified atom stereocenters. The van der Waals surface area contributed by atoms with E-state index in [2.05, 4.69) is 20.0 Å². The number of hydrogen-bond acceptors (Lipinski definition) is 9. The van der Waals surface area contributed by atoms with Crippen LogP contribution in [-0.4, -0.2) is 41.9 Å². The van der Waals surface area contributed by atoms with E-state index in [-0.39, 0.29) is 42.0 Å². The molecule has 0 aliphatic heterocycles. The summed E-state index contributed by atoms with van der Waals surface area (Å²) in [6.07, 6.45) is 3.05. The number of aromatic nitrogens is 2. The van der Waals surface area contributed by atoms with Gasteiger partial charge in [-0.25, -0.2) is 19.6 Å². The Labute approximate surface area is 150 Å². The SMILES string of the molecule is COC(=O)c1cc(Nc2ncccn2)c(OCCOC(C)(C)C)c(=O)o1. The van der Waals surface area contributed by atoms with Gasteiger partial charge in [0.1, 0.15) is 6.61 Å². The van der Waals surface area contributed by atoms with Gasteiger partial charge < -0.3 is 23.9 Å². The molecular weight excluding hydrogens is 342 g/mol. The van der Waals surface area contributed by atoms with Gasteiger partial charge in [0.15, 0.2) is 0 Å². The number of methoxy groups -OCH3 is 1. The zero-order chi connectivity index (χ0) is 19.2. The number of nitrogens with zero attached hydrogens (tertiary/aromatic N) is 2. The van der Waals surface area contributed by atoms with Gasteiger partial charge in [0, 0.05) is 18.5 Å². The minimum Gasteiger partial charge on any atom is -0.483 e. The van der Waals surface area contributed by atoms with Crippen LogP contribution < -0.4 is 15.7 Å². The van der Waals surface area contributed by atoms with Gasteiger partial charge in [-0.3, -0.25) is 0 Å². The smallest absolute Gasteiger partial charge is 0.381 e. The minimum absolute atomic E-state index is 0.109. The molecular formula is C17H21N3O6. The summed E-state index contributed by atoms with van der Waals surface area (Å²) in [6, 6.07) is 2.94. The van der Waals surface area contributed by atoms with E-state index >= 15 is 0 Å². The molecule has 0 aliphatic rings. The number of hydrogen-bond donors (Lipinski definition) is 1. The molecule has 2 rings (SSSR count). The normalized spacial score (nSPS) is 11.1. The van der Waals surface area contributed by atoms with E-state index in [4.69, 9.17) is 13.9 Å². The molecule has 0 amide bonds. The Morgan fingerprint density at radius 2 is 1.92 bits per heavy atom. The Kier molecular flexibility index (Phi) is 6.29. The maximum absolute atomic E-state index is 12.2. The van der Waals surface area contributed by atoms with Gasteiger partial charge in [0.2, 0.25) is 17.5 Å². The first-order chi connectivity index (χ1) is 12.3. The fourth-order valence-corrected chi connectivity index (χ4v) is 1.89. The summed E-state index contributed by atoms with van der Waals surface area (Å²) in [7, 11) is 1.18. The summed E-state index contributed by atoms with van der Waals surface area (Å²) < 4.78 is 20.6. The third kappa shape index (κ3) is 5.55. The van der Waals surface area contributed by atoms with Crippen LogP contribution in [0.1, 0.15) is 31.3 Å². The van der Waals surface area contributed by atoms with Crippen LogP contribution in [0.2, 0.25) is 0 Å². The standard InChI is InChI=1S/C17H21N3O6/c1-17(2,3)25-9-8-24-13-11(20-16-18-6-5-7-19-16)10-12(14(21)23-4)26-15(13)22/h5-7,10H,8-9H2,1-4H3,(H,18,19,20). The number of rotatable bonds is 7. The molecule has 2 aromatic heterocycles. The summed E-state index contributed by atoms with van der Waals surface area (Å²) in [6.45, 7) is 6.11. The van der Waals surface area contributed by atoms with Gasteiger partial charge in [0.05, 0.1) is 25.0 Å². The van der Waals surface area contributed by atoms with Crippen LogP contribution in [0.3, 0.4) is 0 Å². The second-order valence-electron chi connectivity index (χ2n) is 6.14. The molecule has 0 atom stereocenters. The van der Waals surface area contributed by atoms with Gasteiger partial charge in [-0.2, -0.15) is 0 Å². The van der Waals surface area contributed by atoms with Crippen LogP contribution in [-0.2, 0) is 9.47 Å². The lowest BCUT2D eigenvalue weighted by Gasteiger charge is -2.19. The molecule has 0 radical (unpaired) electrons. The monoisotopic (exact) mass is 363 g/mol. The number of ether oxygens (including phenoxy) is 3. The van der Waals surface area contributed by atoms with Crippen LogP contribution in [0.25, 0.3) is 0 Å². The molecule has 0 spiro atoms. The fraction of sp³-hybridized carbons (Fsp3) is 0.412. The maximum atomic E-state index is 12.2. The third-order valence-corrected chi connectivity index (χ3v) is 2.97. The van der Waals surface area contributed by atoms with Crippen LogP contribution in [0, 0.1) is 0 Å². The van der Waals surface area contributed by atoms with E-state index < -0.39 is 11.6 Å². The highest BCUT2D eigenvalue weighted by Gasteiger charge is 2.19. The van der Waals surface area contributed by atoms with Crippen LogP contribution in [0.5, 0.6) is 5.75 Å². The Hall–Kier alpha value is -2.94.